The zero-order chi connectivity index (χ0) is 21.3. The van der Waals surface area contributed by atoms with E-state index in [4.69, 9.17) is 4.74 Å². The smallest absolute Gasteiger partial charge is 0.412 e. The lowest BCUT2D eigenvalue weighted by Crippen LogP contribution is -2.45. The van der Waals surface area contributed by atoms with E-state index in [1.54, 1.807) is 63.2 Å². The van der Waals surface area contributed by atoms with Crippen LogP contribution >= 0.6 is 0 Å². The fourth-order valence-corrected chi connectivity index (χ4v) is 3.30. The number of anilines is 4. The van der Waals surface area contributed by atoms with E-state index >= 15 is 0 Å². The third-order valence-electron chi connectivity index (χ3n) is 4.51. The van der Waals surface area contributed by atoms with Gasteiger partial charge in [-0.3, -0.25) is 19.4 Å². The number of fused-ring (bicyclic) bond motifs is 1. The number of methoxy groups -OCH3 is 1. The van der Waals surface area contributed by atoms with Gasteiger partial charge in [-0.2, -0.15) is 0 Å². The maximum absolute atomic E-state index is 12.8. The number of ether oxygens (including phenoxy) is 1. The summed E-state index contributed by atoms with van der Waals surface area (Å²) >= 11 is 0. The highest BCUT2D eigenvalue weighted by atomic mass is 16.5. The van der Waals surface area contributed by atoms with Crippen LogP contribution in [0, 0.1) is 0 Å². The zero-order valence-corrected chi connectivity index (χ0v) is 16.7. The van der Waals surface area contributed by atoms with Gasteiger partial charge in [-0.05, 0) is 57.2 Å². The molecule has 1 aliphatic heterocycles. The second-order valence-electron chi connectivity index (χ2n) is 7.64. The van der Waals surface area contributed by atoms with Crippen molar-refractivity contribution in [2.45, 2.75) is 32.7 Å². The normalized spacial score (nSPS) is 14.0. The molecule has 0 radical (unpaired) electrons. The average Bonchev–Trinajstić information content (AvgIpc) is 2.74. The Kier molecular flexibility index (Phi) is 5.19. The molecular formula is C21H23N3O5. The second kappa shape index (κ2) is 7.46. The maximum atomic E-state index is 12.8. The van der Waals surface area contributed by atoms with Crippen molar-refractivity contribution in [3.63, 3.8) is 0 Å². The van der Waals surface area contributed by atoms with Gasteiger partial charge in [-0.1, -0.05) is 0 Å². The number of carbonyl (C=O) groups excluding carboxylic acids is 2. The van der Waals surface area contributed by atoms with E-state index in [0.29, 0.717) is 28.5 Å². The molecule has 3 rings (SSSR count). The minimum atomic E-state index is -1.07. The van der Waals surface area contributed by atoms with Crippen LogP contribution < -0.4 is 19.9 Å². The summed E-state index contributed by atoms with van der Waals surface area (Å²) in [5.41, 5.74) is 1.36. The molecule has 0 unspecified atom stereocenters. The molecule has 8 nitrogen and oxygen atoms in total. The molecule has 3 amide bonds. The summed E-state index contributed by atoms with van der Waals surface area (Å²) in [7, 11) is 1.52. The molecule has 2 N–H and O–H groups in total. The number of nitrogens with zero attached hydrogens (tertiary/aromatic N) is 2. The molecule has 0 bridgehead atoms. The number of benzene rings is 2. The van der Waals surface area contributed by atoms with Gasteiger partial charge in [0.2, 0.25) is 11.8 Å². The SMILES string of the molecule is COc1ccc2c(c1)NC(=O)CC(=O)N2c1ccc(N(C(=O)O)C(C)(C)C)cc1. The average molecular weight is 397 g/mol. The molecule has 29 heavy (non-hydrogen) atoms. The van der Waals surface area contributed by atoms with Crippen LogP contribution in [0.3, 0.4) is 0 Å². The molecule has 8 heteroatoms. The Morgan fingerprint density at radius 3 is 2.34 bits per heavy atom. The molecule has 0 aliphatic carbocycles. The fourth-order valence-electron chi connectivity index (χ4n) is 3.30. The summed E-state index contributed by atoms with van der Waals surface area (Å²) in [6, 6.07) is 11.7. The van der Waals surface area contributed by atoms with Crippen LogP contribution in [0.25, 0.3) is 0 Å². The minimum absolute atomic E-state index is 0.304. The first-order chi connectivity index (χ1) is 13.6. The van der Waals surface area contributed by atoms with Gasteiger partial charge < -0.3 is 15.2 Å². The Balaban J connectivity index is 2.05. The first-order valence-electron chi connectivity index (χ1n) is 9.06. The van der Waals surface area contributed by atoms with Crippen LogP contribution in [-0.2, 0) is 9.59 Å². The van der Waals surface area contributed by atoms with E-state index in [1.165, 1.54) is 16.9 Å². The molecule has 0 fully saturated rings. The number of hydrogen-bond acceptors (Lipinski definition) is 4. The number of carboxylic acid groups (broad SMARTS) is 1. The van der Waals surface area contributed by atoms with Crippen molar-refractivity contribution in [3.05, 3.63) is 42.5 Å². The molecule has 2 aromatic carbocycles. The van der Waals surface area contributed by atoms with Gasteiger partial charge in [0.1, 0.15) is 12.2 Å². The Labute approximate surface area is 168 Å². The monoisotopic (exact) mass is 397 g/mol. The van der Waals surface area contributed by atoms with Gasteiger partial charge in [-0.25, -0.2) is 4.79 Å². The molecule has 0 atom stereocenters. The highest BCUT2D eigenvalue weighted by molar-refractivity contribution is 6.17. The van der Waals surface area contributed by atoms with E-state index in [1.807, 2.05) is 0 Å². The summed E-state index contributed by atoms with van der Waals surface area (Å²) < 4.78 is 5.20. The number of amides is 3. The standard InChI is InChI=1S/C21H23N3O5/c1-21(2,3)24(20(27)28)14-7-5-13(6-8-14)23-17-10-9-15(29-4)11-16(17)22-18(25)12-19(23)26/h5-11H,12H2,1-4H3,(H,22,25)(H,27,28). The zero-order valence-electron chi connectivity index (χ0n) is 16.7. The van der Waals surface area contributed by atoms with Gasteiger partial charge in [0.25, 0.3) is 0 Å². The first-order valence-corrected chi connectivity index (χ1v) is 9.06. The number of rotatable bonds is 3. The molecule has 152 valence electrons. The van der Waals surface area contributed by atoms with E-state index in [2.05, 4.69) is 5.32 Å². The van der Waals surface area contributed by atoms with Gasteiger partial charge >= 0.3 is 6.09 Å². The summed E-state index contributed by atoms with van der Waals surface area (Å²) in [5.74, 6) is -0.241. The van der Waals surface area contributed by atoms with E-state index in [-0.39, 0.29) is 12.3 Å². The van der Waals surface area contributed by atoms with Crippen LogP contribution in [0.2, 0.25) is 0 Å². The summed E-state index contributed by atoms with van der Waals surface area (Å²) in [6.45, 7) is 5.40. The number of nitrogens with one attached hydrogen (secondary N) is 1. The van der Waals surface area contributed by atoms with Gasteiger partial charge in [0.05, 0.1) is 18.5 Å². The molecule has 0 spiro atoms. The van der Waals surface area contributed by atoms with Crippen molar-refractivity contribution >= 4 is 40.7 Å². The molecule has 1 heterocycles. The Morgan fingerprint density at radius 2 is 1.79 bits per heavy atom. The lowest BCUT2D eigenvalue weighted by Gasteiger charge is -2.33. The molecule has 0 saturated heterocycles. The largest absolute Gasteiger partial charge is 0.497 e. The Hall–Kier alpha value is -3.55. The number of hydrogen-bond donors (Lipinski definition) is 2. The third-order valence-corrected chi connectivity index (χ3v) is 4.51. The fraction of sp³-hybridized carbons (Fsp3) is 0.286. The van der Waals surface area contributed by atoms with Gasteiger partial charge in [0, 0.05) is 23.0 Å². The molecule has 0 saturated carbocycles. The van der Waals surface area contributed by atoms with Crippen molar-refractivity contribution in [2.24, 2.45) is 0 Å². The highest BCUT2D eigenvalue weighted by Crippen LogP contribution is 2.38. The van der Waals surface area contributed by atoms with Gasteiger partial charge in [-0.15, -0.1) is 0 Å². The topological polar surface area (TPSA) is 99.2 Å². The lowest BCUT2D eigenvalue weighted by atomic mass is 10.1. The number of carbonyl (C=O) groups is 3. The Morgan fingerprint density at radius 1 is 1.14 bits per heavy atom. The quantitative estimate of drug-likeness (QED) is 0.763. The summed E-state index contributed by atoms with van der Waals surface area (Å²) in [6.07, 6.45) is -1.37. The Bertz CT molecular complexity index is 963. The highest BCUT2D eigenvalue weighted by Gasteiger charge is 2.30. The predicted octanol–water partition coefficient (Wildman–Crippen LogP) is 3.99. The molecule has 2 aromatic rings. The van der Waals surface area contributed by atoms with Crippen LogP contribution in [-0.4, -0.2) is 35.7 Å². The van der Waals surface area contributed by atoms with Crippen LogP contribution in [0.1, 0.15) is 27.2 Å². The molecular weight excluding hydrogens is 374 g/mol. The van der Waals surface area contributed by atoms with E-state index < -0.39 is 17.5 Å². The first kappa shape index (κ1) is 20.2. The van der Waals surface area contributed by atoms with Crippen molar-refractivity contribution in [2.75, 3.05) is 22.2 Å². The lowest BCUT2D eigenvalue weighted by molar-refractivity contribution is -0.124. The molecule has 0 aromatic heterocycles. The summed E-state index contributed by atoms with van der Waals surface area (Å²) in [4.78, 5) is 39.2. The second-order valence-corrected chi connectivity index (χ2v) is 7.64. The van der Waals surface area contributed by atoms with Crippen LogP contribution in [0.15, 0.2) is 42.5 Å². The van der Waals surface area contributed by atoms with Crippen LogP contribution in [0.4, 0.5) is 27.5 Å². The third kappa shape index (κ3) is 4.01. The van der Waals surface area contributed by atoms with E-state index in [0.717, 1.165) is 0 Å². The maximum Gasteiger partial charge on any atom is 0.412 e. The van der Waals surface area contributed by atoms with Crippen molar-refractivity contribution in [3.8, 4) is 5.75 Å². The van der Waals surface area contributed by atoms with Crippen molar-refractivity contribution in [1.29, 1.82) is 0 Å². The van der Waals surface area contributed by atoms with Crippen molar-refractivity contribution < 1.29 is 24.2 Å². The van der Waals surface area contributed by atoms with Crippen LogP contribution in [0.5, 0.6) is 5.75 Å². The van der Waals surface area contributed by atoms with Gasteiger partial charge in [0.15, 0.2) is 0 Å². The minimum Gasteiger partial charge on any atom is -0.497 e. The molecule has 1 aliphatic rings. The van der Waals surface area contributed by atoms with Crippen molar-refractivity contribution in [1.82, 2.24) is 0 Å². The summed E-state index contributed by atoms with van der Waals surface area (Å²) in [5, 5.41) is 12.3. The predicted molar refractivity (Wildman–Crippen MR) is 110 cm³/mol. The van der Waals surface area contributed by atoms with E-state index in [9.17, 15) is 19.5 Å².